The quantitative estimate of drug-likeness (QED) is 0.721. The summed E-state index contributed by atoms with van der Waals surface area (Å²) in [6, 6.07) is 10.1. The number of amides is 2. The van der Waals surface area contributed by atoms with Crippen molar-refractivity contribution >= 4 is 11.8 Å². The Balaban J connectivity index is 1.70. The molecular formula is C21H33N3O3. The molecule has 0 saturated carbocycles. The molecule has 1 saturated heterocycles. The van der Waals surface area contributed by atoms with Crippen LogP contribution >= 0.6 is 0 Å². The first kappa shape index (κ1) is 21.4. The minimum absolute atomic E-state index is 0.00369. The van der Waals surface area contributed by atoms with Crippen molar-refractivity contribution in [3.8, 4) is 0 Å². The van der Waals surface area contributed by atoms with Crippen LogP contribution in [0.4, 0.5) is 0 Å². The standard InChI is InChI=1S/C21H33N3O3/c1-3-21(2,27)16-20(26)24-13-7-12-23(14-15-24)17-19(25)22-11-10-18-8-5-4-6-9-18/h4-6,8-9,27H,3,7,10-17H2,1-2H3,(H,22,25). The third-order valence-electron chi connectivity index (χ3n) is 5.18. The summed E-state index contributed by atoms with van der Waals surface area (Å²) >= 11 is 0. The zero-order valence-corrected chi connectivity index (χ0v) is 16.6. The van der Waals surface area contributed by atoms with Crippen LogP contribution in [0.15, 0.2) is 30.3 Å². The molecule has 2 amide bonds. The van der Waals surface area contributed by atoms with E-state index < -0.39 is 5.60 Å². The molecule has 0 aliphatic carbocycles. The number of carbonyl (C=O) groups excluding carboxylic acids is 2. The van der Waals surface area contributed by atoms with Gasteiger partial charge in [0.2, 0.25) is 11.8 Å². The van der Waals surface area contributed by atoms with Crippen LogP contribution in [-0.2, 0) is 16.0 Å². The van der Waals surface area contributed by atoms with E-state index in [4.69, 9.17) is 0 Å². The van der Waals surface area contributed by atoms with Gasteiger partial charge in [0.15, 0.2) is 0 Å². The highest BCUT2D eigenvalue weighted by atomic mass is 16.3. The van der Waals surface area contributed by atoms with Crippen molar-refractivity contribution in [2.24, 2.45) is 0 Å². The van der Waals surface area contributed by atoms with Gasteiger partial charge in [-0.3, -0.25) is 14.5 Å². The van der Waals surface area contributed by atoms with Crippen LogP contribution in [0.1, 0.15) is 38.7 Å². The minimum Gasteiger partial charge on any atom is -0.390 e. The second-order valence-electron chi connectivity index (χ2n) is 7.62. The van der Waals surface area contributed by atoms with Crippen LogP contribution in [0, 0.1) is 0 Å². The van der Waals surface area contributed by atoms with E-state index in [2.05, 4.69) is 22.3 Å². The van der Waals surface area contributed by atoms with Gasteiger partial charge in [0.25, 0.3) is 0 Å². The average molecular weight is 376 g/mol. The van der Waals surface area contributed by atoms with Crippen LogP contribution in [0.3, 0.4) is 0 Å². The van der Waals surface area contributed by atoms with Crippen LogP contribution in [0.5, 0.6) is 0 Å². The number of hydrogen-bond donors (Lipinski definition) is 2. The molecule has 1 aliphatic rings. The van der Waals surface area contributed by atoms with E-state index in [9.17, 15) is 14.7 Å². The number of carbonyl (C=O) groups is 2. The summed E-state index contributed by atoms with van der Waals surface area (Å²) in [5.41, 5.74) is 0.270. The normalized spacial score (nSPS) is 17.8. The monoisotopic (exact) mass is 375 g/mol. The summed E-state index contributed by atoms with van der Waals surface area (Å²) in [7, 11) is 0. The highest BCUT2D eigenvalue weighted by molar-refractivity contribution is 5.78. The molecule has 1 fully saturated rings. The Morgan fingerprint density at radius 1 is 1.15 bits per heavy atom. The summed E-state index contributed by atoms with van der Waals surface area (Å²) in [6.07, 6.45) is 2.38. The maximum Gasteiger partial charge on any atom is 0.234 e. The molecule has 6 nitrogen and oxygen atoms in total. The van der Waals surface area contributed by atoms with E-state index >= 15 is 0 Å². The van der Waals surface area contributed by atoms with Crippen molar-refractivity contribution in [1.82, 2.24) is 15.1 Å². The summed E-state index contributed by atoms with van der Waals surface area (Å²) in [5.74, 6) is 0.0237. The van der Waals surface area contributed by atoms with E-state index in [1.165, 1.54) is 5.56 Å². The van der Waals surface area contributed by atoms with Gasteiger partial charge < -0.3 is 15.3 Å². The Hall–Kier alpha value is -1.92. The molecule has 1 unspecified atom stereocenters. The summed E-state index contributed by atoms with van der Waals surface area (Å²) in [4.78, 5) is 28.5. The topological polar surface area (TPSA) is 72.9 Å². The lowest BCUT2D eigenvalue weighted by Gasteiger charge is -2.26. The lowest BCUT2D eigenvalue weighted by molar-refractivity contribution is -0.135. The molecule has 0 bridgehead atoms. The van der Waals surface area contributed by atoms with Crippen molar-refractivity contribution in [3.05, 3.63) is 35.9 Å². The third kappa shape index (κ3) is 7.69. The Morgan fingerprint density at radius 2 is 1.89 bits per heavy atom. The fourth-order valence-electron chi connectivity index (χ4n) is 3.19. The lowest BCUT2D eigenvalue weighted by Crippen LogP contribution is -2.41. The number of aliphatic hydroxyl groups is 1. The summed E-state index contributed by atoms with van der Waals surface area (Å²) < 4.78 is 0. The maximum atomic E-state index is 12.4. The van der Waals surface area contributed by atoms with E-state index in [-0.39, 0.29) is 18.2 Å². The zero-order valence-electron chi connectivity index (χ0n) is 16.6. The van der Waals surface area contributed by atoms with Gasteiger partial charge in [0.1, 0.15) is 0 Å². The predicted molar refractivity (Wildman–Crippen MR) is 106 cm³/mol. The van der Waals surface area contributed by atoms with Gasteiger partial charge in [0, 0.05) is 32.7 Å². The molecular weight excluding hydrogens is 342 g/mol. The molecule has 150 valence electrons. The Kier molecular flexibility index (Phi) is 8.25. The average Bonchev–Trinajstić information content (AvgIpc) is 2.88. The van der Waals surface area contributed by atoms with Gasteiger partial charge in [-0.2, -0.15) is 0 Å². The highest BCUT2D eigenvalue weighted by Crippen LogP contribution is 2.16. The van der Waals surface area contributed by atoms with E-state index in [1.807, 2.05) is 30.0 Å². The van der Waals surface area contributed by atoms with Gasteiger partial charge in [-0.25, -0.2) is 0 Å². The Bertz CT molecular complexity index is 604. The van der Waals surface area contributed by atoms with Gasteiger partial charge in [0.05, 0.1) is 18.6 Å². The maximum absolute atomic E-state index is 12.4. The molecule has 2 N–H and O–H groups in total. The zero-order chi connectivity index (χ0) is 19.7. The Labute approximate surface area is 162 Å². The predicted octanol–water partition coefficient (Wildman–Crippen LogP) is 1.43. The number of rotatable bonds is 8. The smallest absolute Gasteiger partial charge is 0.234 e. The fraction of sp³-hybridized carbons (Fsp3) is 0.619. The molecule has 2 rings (SSSR count). The lowest BCUT2D eigenvalue weighted by atomic mass is 9.98. The SMILES string of the molecule is CCC(C)(O)CC(=O)N1CCCN(CC(=O)NCCc2ccccc2)CC1. The number of nitrogens with zero attached hydrogens (tertiary/aromatic N) is 2. The van der Waals surface area contributed by atoms with Crippen molar-refractivity contribution in [2.75, 3.05) is 39.3 Å². The van der Waals surface area contributed by atoms with Gasteiger partial charge in [-0.15, -0.1) is 0 Å². The van der Waals surface area contributed by atoms with Crippen molar-refractivity contribution in [3.63, 3.8) is 0 Å². The van der Waals surface area contributed by atoms with Crippen LogP contribution in [0.25, 0.3) is 0 Å². The van der Waals surface area contributed by atoms with Crippen molar-refractivity contribution in [1.29, 1.82) is 0 Å². The summed E-state index contributed by atoms with van der Waals surface area (Å²) in [5, 5.41) is 13.1. The van der Waals surface area contributed by atoms with Crippen LogP contribution in [0.2, 0.25) is 0 Å². The van der Waals surface area contributed by atoms with Crippen LogP contribution in [-0.4, -0.2) is 71.6 Å². The molecule has 0 aromatic heterocycles. The molecule has 0 radical (unpaired) electrons. The molecule has 6 heteroatoms. The number of nitrogens with one attached hydrogen (secondary N) is 1. The minimum atomic E-state index is -0.943. The van der Waals surface area contributed by atoms with E-state index in [0.29, 0.717) is 39.1 Å². The first-order valence-corrected chi connectivity index (χ1v) is 9.93. The number of hydrogen-bond acceptors (Lipinski definition) is 4. The highest BCUT2D eigenvalue weighted by Gasteiger charge is 2.27. The molecule has 1 aromatic carbocycles. The molecule has 1 aromatic rings. The molecule has 0 spiro atoms. The Morgan fingerprint density at radius 3 is 2.59 bits per heavy atom. The molecule has 1 heterocycles. The first-order valence-electron chi connectivity index (χ1n) is 9.93. The largest absolute Gasteiger partial charge is 0.390 e. The number of benzene rings is 1. The van der Waals surface area contributed by atoms with E-state index in [1.54, 1.807) is 6.92 Å². The fourth-order valence-corrected chi connectivity index (χ4v) is 3.19. The van der Waals surface area contributed by atoms with E-state index in [0.717, 1.165) is 19.4 Å². The second kappa shape index (κ2) is 10.4. The molecule has 27 heavy (non-hydrogen) atoms. The third-order valence-corrected chi connectivity index (χ3v) is 5.18. The molecule has 1 atom stereocenters. The van der Waals surface area contributed by atoms with Crippen molar-refractivity contribution in [2.45, 2.75) is 45.1 Å². The molecule has 1 aliphatic heterocycles. The van der Waals surface area contributed by atoms with Gasteiger partial charge in [-0.1, -0.05) is 37.3 Å². The first-order chi connectivity index (χ1) is 12.9. The van der Waals surface area contributed by atoms with Crippen LogP contribution < -0.4 is 5.32 Å². The van der Waals surface area contributed by atoms with Gasteiger partial charge >= 0.3 is 0 Å². The van der Waals surface area contributed by atoms with Gasteiger partial charge in [-0.05, 0) is 31.7 Å². The second-order valence-corrected chi connectivity index (χ2v) is 7.62. The van der Waals surface area contributed by atoms with Crippen molar-refractivity contribution < 1.29 is 14.7 Å². The summed E-state index contributed by atoms with van der Waals surface area (Å²) in [6.45, 7) is 7.37.